The molecule has 4 N–H and O–H groups in total. The summed E-state index contributed by atoms with van der Waals surface area (Å²) in [6, 6.07) is 11.6. The Kier molecular flexibility index (Phi) is 5.59. The number of amidine groups is 1. The fourth-order valence-corrected chi connectivity index (χ4v) is 2.62. The van der Waals surface area contributed by atoms with Gasteiger partial charge in [0.2, 0.25) is 0 Å². The Hall–Kier alpha value is -2.05. The largest absolute Gasteiger partial charge is 0.492 e. The molecule has 0 saturated carbocycles. The highest BCUT2D eigenvalue weighted by Gasteiger charge is 2.05. The molecule has 0 fully saturated rings. The molecule has 0 radical (unpaired) electrons. The maximum Gasteiger partial charge on any atom is 0.170 e. The Morgan fingerprint density at radius 2 is 2.14 bits per heavy atom. The van der Waals surface area contributed by atoms with Gasteiger partial charge in [0.25, 0.3) is 0 Å². The van der Waals surface area contributed by atoms with Gasteiger partial charge < -0.3 is 21.0 Å². The zero-order chi connectivity index (χ0) is 15.1. The van der Waals surface area contributed by atoms with Gasteiger partial charge in [-0.3, -0.25) is 0 Å². The first-order valence-electron chi connectivity index (χ1n) is 6.68. The molecule has 0 spiro atoms. The predicted molar refractivity (Wildman–Crippen MR) is 85.2 cm³/mol. The topological polar surface area (TPSA) is 79.9 Å². The number of hydrogen-bond donors (Lipinski definition) is 3. The molecule has 0 amide bonds. The van der Waals surface area contributed by atoms with E-state index in [4.69, 9.17) is 15.7 Å². The Morgan fingerprint density at radius 3 is 2.76 bits per heavy atom. The molecule has 6 heteroatoms. The molecule has 0 bridgehead atoms. The fourth-order valence-electron chi connectivity index (χ4n) is 1.86. The summed E-state index contributed by atoms with van der Waals surface area (Å²) in [6.45, 7) is 3.48. The number of ether oxygens (including phenoxy) is 1. The lowest BCUT2D eigenvalue weighted by atomic mass is 10.2. The molecule has 0 aliphatic carbocycles. The molecule has 0 aliphatic rings. The average Bonchev–Trinajstić information content (AvgIpc) is 3.05. The van der Waals surface area contributed by atoms with E-state index in [9.17, 15) is 0 Å². The first-order chi connectivity index (χ1) is 10.2. The maximum absolute atomic E-state index is 8.59. The van der Waals surface area contributed by atoms with E-state index in [0.29, 0.717) is 18.2 Å². The molecular weight excluding hydrogens is 286 g/mol. The highest BCUT2D eigenvalue weighted by Crippen LogP contribution is 2.17. The molecule has 0 unspecified atom stereocenters. The van der Waals surface area contributed by atoms with E-state index in [2.05, 4.69) is 34.9 Å². The van der Waals surface area contributed by atoms with Crippen molar-refractivity contribution in [3.05, 3.63) is 52.2 Å². The average molecular weight is 305 g/mol. The molecule has 2 rings (SSSR count). The van der Waals surface area contributed by atoms with Gasteiger partial charge in [-0.1, -0.05) is 11.2 Å². The van der Waals surface area contributed by atoms with Crippen molar-refractivity contribution in [3.63, 3.8) is 0 Å². The van der Waals surface area contributed by atoms with Crippen molar-refractivity contribution in [3.8, 4) is 5.75 Å². The van der Waals surface area contributed by atoms with Crippen LogP contribution in [0.5, 0.6) is 5.75 Å². The van der Waals surface area contributed by atoms with Crippen LogP contribution in [0.15, 0.2) is 46.9 Å². The molecule has 112 valence electrons. The van der Waals surface area contributed by atoms with Crippen molar-refractivity contribution >= 4 is 17.2 Å². The minimum absolute atomic E-state index is 0.0907. The predicted octanol–water partition coefficient (Wildman–Crippen LogP) is 2.57. The van der Waals surface area contributed by atoms with Crippen molar-refractivity contribution in [2.75, 3.05) is 13.2 Å². The van der Waals surface area contributed by atoms with Crippen molar-refractivity contribution in [1.82, 2.24) is 5.32 Å². The van der Waals surface area contributed by atoms with Crippen molar-refractivity contribution in [1.29, 1.82) is 0 Å². The number of nitrogens with zero attached hydrogens (tertiary/aromatic N) is 1. The Balaban J connectivity index is 1.74. The zero-order valence-electron chi connectivity index (χ0n) is 11.8. The van der Waals surface area contributed by atoms with Gasteiger partial charge in [0.1, 0.15) is 12.4 Å². The summed E-state index contributed by atoms with van der Waals surface area (Å²) in [6.07, 6.45) is 0. The van der Waals surface area contributed by atoms with Crippen LogP contribution in [0, 0.1) is 0 Å². The van der Waals surface area contributed by atoms with Gasteiger partial charge in [0.05, 0.1) is 0 Å². The van der Waals surface area contributed by atoms with E-state index < -0.39 is 0 Å². The van der Waals surface area contributed by atoms with Crippen molar-refractivity contribution in [2.24, 2.45) is 10.9 Å². The molecule has 1 aromatic carbocycles. The molecule has 0 saturated heterocycles. The highest BCUT2D eigenvalue weighted by molar-refractivity contribution is 7.10. The van der Waals surface area contributed by atoms with Crippen LogP contribution in [-0.4, -0.2) is 24.2 Å². The second kappa shape index (κ2) is 7.66. The van der Waals surface area contributed by atoms with Crippen LogP contribution in [0.2, 0.25) is 0 Å². The van der Waals surface area contributed by atoms with Crippen LogP contribution >= 0.6 is 11.3 Å². The van der Waals surface area contributed by atoms with E-state index >= 15 is 0 Å². The number of nitrogens with two attached hydrogens (primary N) is 1. The SMILES string of the molecule is C[C@H](NCCOc1ccc(/C(N)=N/O)cc1)c1cccs1. The van der Waals surface area contributed by atoms with Crippen LogP contribution < -0.4 is 15.8 Å². The van der Waals surface area contributed by atoms with Gasteiger partial charge in [-0.15, -0.1) is 11.3 Å². The summed E-state index contributed by atoms with van der Waals surface area (Å²) in [4.78, 5) is 1.32. The third-order valence-electron chi connectivity index (χ3n) is 3.05. The molecule has 0 aliphatic heterocycles. The lowest BCUT2D eigenvalue weighted by Gasteiger charge is -2.12. The Labute approximate surface area is 128 Å². The molecule has 5 nitrogen and oxygen atoms in total. The quantitative estimate of drug-likeness (QED) is 0.241. The lowest BCUT2D eigenvalue weighted by Crippen LogP contribution is -2.23. The standard InChI is InChI=1S/C15H19N3O2S/c1-11(14-3-2-10-21-14)17-8-9-20-13-6-4-12(5-7-13)15(16)18-19/h2-7,10-11,17,19H,8-9H2,1H3,(H2,16,18)/t11-/m0/s1. The third-order valence-corrected chi connectivity index (χ3v) is 4.10. The molecular formula is C15H19N3O2S. The van der Waals surface area contributed by atoms with Crippen LogP contribution in [0.25, 0.3) is 0 Å². The van der Waals surface area contributed by atoms with Gasteiger partial charge in [-0.05, 0) is 42.6 Å². The van der Waals surface area contributed by atoms with Gasteiger partial charge in [-0.25, -0.2) is 0 Å². The maximum atomic E-state index is 8.59. The zero-order valence-corrected chi connectivity index (χ0v) is 12.6. The fraction of sp³-hybridized carbons (Fsp3) is 0.267. The van der Waals surface area contributed by atoms with E-state index in [0.717, 1.165) is 12.3 Å². The third kappa shape index (κ3) is 4.47. The molecule has 1 aromatic heterocycles. The minimum atomic E-state index is 0.0907. The van der Waals surface area contributed by atoms with Gasteiger partial charge in [0, 0.05) is 23.0 Å². The second-order valence-corrected chi connectivity index (χ2v) is 5.53. The van der Waals surface area contributed by atoms with Crippen LogP contribution in [0.1, 0.15) is 23.4 Å². The Bertz CT molecular complexity index is 567. The number of hydrogen-bond acceptors (Lipinski definition) is 5. The van der Waals surface area contributed by atoms with E-state index in [1.54, 1.807) is 35.6 Å². The minimum Gasteiger partial charge on any atom is -0.492 e. The summed E-state index contributed by atoms with van der Waals surface area (Å²) >= 11 is 1.75. The molecule has 1 heterocycles. The number of oxime groups is 1. The summed E-state index contributed by atoms with van der Waals surface area (Å²) < 4.78 is 5.64. The monoisotopic (exact) mass is 305 g/mol. The highest BCUT2D eigenvalue weighted by atomic mass is 32.1. The smallest absolute Gasteiger partial charge is 0.170 e. The van der Waals surface area contributed by atoms with Gasteiger partial charge in [-0.2, -0.15) is 0 Å². The normalized spacial score (nSPS) is 13.1. The molecule has 2 aromatic rings. The summed E-state index contributed by atoms with van der Waals surface area (Å²) in [5.41, 5.74) is 6.16. The molecule has 21 heavy (non-hydrogen) atoms. The number of thiophene rings is 1. The molecule has 1 atom stereocenters. The second-order valence-electron chi connectivity index (χ2n) is 4.55. The number of rotatable bonds is 7. The first-order valence-corrected chi connectivity index (χ1v) is 7.56. The summed E-state index contributed by atoms with van der Waals surface area (Å²) in [5, 5.41) is 17.0. The number of nitrogens with one attached hydrogen (secondary N) is 1. The van der Waals surface area contributed by atoms with Gasteiger partial charge >= 0.3 is 0 Å². The van der Waals surface area contributed by atoms with Gasteiger partial charge in [0.15, 0.2) is 5.84 Å². The summed E-state index contributed by atoms with van der Waals surface area (Å²) in [7, 11) is 0. The van der Waals surface area contributed by atoms with Crippen LogP contribution in [0.4, 0.5) is 0 Å². The van der Waals surface area contributed by atoms with E-state index in [1.165, 1.54) is 4.88 Å². The van der Waals surface area contributed by atoms with Crippen LogP contribution in [-0.2, 0) is 0 Å². The Morgan fingerprint density at radius 1 is 1.38 bits per heavy atom. The summed E-state index contributed by atoms with van der Waals surface area (Å²) in [5.74, 6) is 0.850. The van der Waals surface area contributed by atoms with E-state index in [1.807, 2.05) is 0 Å². The first kappa shape index (κ1) is 15.3. The number of benzene rings is 1. The lowest BCUT2D eigenvalue weighted by molar-refractivity contribution is 0.308. The van der Waals surface area contributed by atoms with E-state index in [-0.39, 0.29) is 5.84 Å². The van der Waals surface area contributed by atoms with Crippen molar-refractivity contribution < 1.29 is 9.94 Å². The van der Waals surface area contributed by atoms with Crippen LogP contribution in [0.3, 0.4) is 0 Å². The van der Waals surface area contributed by atoms with Crippen molar-refractivity contribution in [2.45, 2.75) is 13.0 Å².